The van der Waals surface area contributed by atoms with Gasteiger partial charge in [-0.05, 0) is 58.7 Å². The van der Waals surface area contributed by atoms with Crippen molar-refractivity contribution in [3.63, 3.8) is 0 Å². The number of anilines is 2. The molecule has 28 heavy (non-hydrogen) atoms. The van der Waals surface area contributed by atoms with E-state index in [-0.39, 0.29) is 12.4 Å². The second-order valence-electron chi connectivity index (χ2n) is 8.10. The molecule has 0 spiro atoms. The summed E-state index contributed by atoms with van der Waals surface area (Å²) in [6.45, 7) is 14.2. The van der Waals surface area contributed by atoms with Crippen molar-refractivity contribution in [3.8, 4) is 0 Å². The number of hydrogen-bond acceptors (Lipinski definition) is 1. The molecule has 3 aromatic carbocycles. The molecule has 1 heterocycles. The SMILES string of the molecule is Cc1cc(C)c(N2C[NH+](c3c(C)cc(C)cc3C)c3ccccc32)c(C)c1.[Cl-]. The topological polar surface area (TPSA) is 7.68 Å². The molecule has 3 heteroatoms. The highest BCUT2D eigenvalue weighted by molar-refractivity contribution is 5.78. The maximum Gasteiger partial charge on any atom is 0.167 e. The number of quaternary nitrogens is 1. The third-order valence-electron chi connectivity index (χ3n) is 5.72. The second kappa shape index (κ2) is 7.62. The van der Waals surface area contributed by atoms with Crippen molar-refractivity contribution >= 4 is 22.7 Å². The van der Waals surface area contributed by atoms with Gasteiger partial charge in [0.25, 0.3) is 0 Å². The lowest BCUT2D eigenvalue weighted by Crippen LogP contribution is -3.02. The fourth-order valence-corrected chi connectivity index (χ4v) is 4.96. The van der Waals surface area contributed by atoms with E-state index in [9.17, 15) is 0 Å². The third-order valence-corrected chi connectivity index (χ3v) is 5.72. The number of nitrogens with one attached hydrogen (secondary N) is 1. The first-order valence-electron chi connectivity index (χ1n) is 9.75. The fraction of sp³-hybridized carbons (Fsp3) is 0.280. The minimum atomic E-state index is 0. The number of para-hydroxylation sites is 2. The van der Waals surface area contributed by atoms with Crippen molar-refractivity contribution in [2.45, 2.75) is 41.5 Å². The van der Waals surface area contributed by atoms with E-state index in [0.717, 1.165) is 6.67 Å². The van der Waals surface area contributed by atoms with Crippen LogP contribution in [0.15, 0.2) is 48.5 Å². The van der Waals surface area contributed by atoms with E-state index >= 15 is 0 Å². The third kappa shape index (κ3) is 3.32. The average molecular weight is 393 g/mol. The van der Waals surface area contributed by atoms with Crippen LogP contribution in [0.25, 0.3) is 0 Å². The van der Waals surface area contributed by atoms with Gasteiger partial charge in [0.05, 0.1) is 5.69 Å². The van der Waals surface area contributed by atoms with Crippen molar-refractivity contribution < 1.29 is 17.3 Å². The van der Waals surface area contributed by atoms with Crippen molar-refractivity contribution in [2.24, 2.45) is 0 Å². The molecule has 3 aromatic rings. The van der Waals surface area contributed by atoms with Gasteiger partial charge in [0, 0.05) is 17.2 Å². The minimum absolute atomic E-state index is 0. The Labute approximate surface area is 175 Å². The molecule has 0 radical (unpaired) electrons. The Hall–Kier alpha value is -2.29. The van der Waals surface area contributed by atoms with Gasteiger partial charge in [-0.1, -0.05) is 47.5 Å². The predicted molar refractivity (Wildman–Crippen MR) is 115 cm³/mol. The molecule has 0 saturated heterocycles. The lowest BCUT2D eigenvalue weighted by molar-refractivity contribution is -0.752. The van der Waals surface area contributed by atoms with Crippen LogP contribution in [-0.4, -0.2) is 6.67 Å². The molecular weight excluding hydrogens is 364 g/mol. The Bertz CT molecular complexity index is 910. The van der Waals surface area contributed by atoms with E-state index in [1.807, 2.05) is 0 Å². The summed E-state index contributed by atoms with van der Waals surface area (Å²) in [6.07, 6.45) is 0. The number of hydrogen-bond donors (Lipinski definition) is 1. The molecule has 0 bridgehead atoms. The number of rotatable bonds is 2. The quantitative estimate of drug-likeness (QED) is 0.704. The summed E-state index contributed by atoms with van der Waals surface area (Å²) in [5.41, 5.74) is 13.6. The molecule has 0 aliphatic carbocycles. The summed E-state index contributed by atoms with van der Waals surface area (Å²) in [6, 6.07) is 18.1. The molecule has 0 amide bonds. The van der Waals surface area contributed by atoms with Gasteiger partial charge in [0.2, 0.25) is 0 Å². The fourth-order valence-electron chi connectivity index (χ4n) is 4.96. The molecule has 1 aliphatic heterocycles. The zero-order valence-electron chi connectivity index (χ0n) is 17.7. The Morgan fingerprint density at radius 2 is 1.21 bits per heavy atom. The smallest absolute Gasteiger partial charge is 0.167 e. The number of nitrogens with zero attached hydrogens (tertiary/aromatic N) is 1. The summed E-state index contributed by atoms with van der Waals surface area (Å²) >= 11 is 0. The monoisotopic (exact) mass is 392 g/mol. The lowest BCUT2D eigenvalue weighted by Gasteiger charge is -2.23. The van der Waals surface area contributed by atoms with Gasteiger partial charge in [-0.15, -0.1) is 0 Å². The lowest BCUT2D eigenvalue weighted by atomic mass is 10.0. The minimum Gasteiger partial charge on any atom is -1.00 e. The molecule has 0 saturated carbocycles. The van der Waals surface area contributed by atoms with Gasteiger partial charge < -0.3 is 12.4 Å². The molecule has 1 unspecified atom stereocenters. The van der Waals surface area contributed by atoms with Crippen LogP contribution in [0.4, 0.5) is 22.7 Å². The van der Waals surface area contributed by atoms with E-state index in [4.69, 9.17) is 0 Å². The van der Waals surface area contributed by atoms with Crippen molar-refractivity contribution in [3.05, 3.63) is 81.9 Å². The highest BCUT2D eigenvalue weighted by Crippen LogP contribution is 2.38. The van der Waals surface area contributed by atoms with Crippen molar-refractivity contribution in [1.82, 2.24) is 0 Å². The number of benzene rings is 3. The normalized spacial score (nSPS) is 15.4. The van der Waals surface area contributed by atoms with Gasteiger partial charge in [0.15, 0.2) is 12.4 Å². The van der Waals surface area contributed by atoms with Gasteiger partial charge in [-0.3, -0.25) is 9.80 Å². The summed E-state index contributed by atoms with van der Waals surface area (Å²) in [5.74, 6) is 0. The Morgan fingerprint density at radius 3 is 1.79 bits per heavy atom. The van der Waals surface area contributed by atoms with Gasteiger partial charge in [-0.2, -0.15) is 0 Å². The van der Waals surface area contributed by atoms with Crippen LogP contribution in [0.1, 0.15) is 33.4 Å². The summed E-state index contributed by atoms with van der Waals surface area (Å²) in [4.78, 5) is 3.95. The first-order valence-corrected chi connectivity index (χ1v) is 9.75. The molecule has 1 atom stereocenters. The van der Waals surface area contributed by atoms with Crippen LogP contribution in [-0.2, 0) is 0 Å². The van der Waals surface area contributed by atoms with E-state index in [0.29, 0.717) is 0 Å². The summed E-state index contributed by atoms with van der Waals surface area (Å²) < 4.78 is 0. The van der Waals surface area contributed by atoms with Crippen LogP contribution < -0.4 is 22.2 Å². The molecule has 2 nitrogen and oxygen atoms in total. The van der Waals surface area contributed by atoms with Crippen molar-refractivity contribution in [1.29, 1.82) is 0 Å². The van der Waals surface area contributed by atoms with E-state index in [2.05, 4.69) is 95.0 Å². The maximum atomic E-state index is 2.51. The van der Waals surface area contributed by atoms with Crippen molar-refractivity contribution in [2.75, 3.05) is 11.6 Å². The maximum absolute atomic E-state index is 2.51. The van der Waals surface area contributed by atoms with Crippen LogP contribution >= 0.6 is 0 Å². The van der Waals surface area contributed by atoms with Crippen LogP contribution in [0.5, 0.6) is 0 Å². The van der Waals surface area contributed by atoms with E-state index in [1.54, 1.807) is 0 Å². The second-order valence-corrected chi connectivity index (χ2v) is 8.10. The predicted octanol–water partition coefficient (Wildman–Crippen LogP) is 2.50. The van der Waals surface area contributed by atoms with Crippen LogP contribution in [0, 0.1) is 41.5 Å². The molecule has 0 aromatic heterocycles. The molecule has 1 N–H and O–H groups in total. The Balaban J connectivity index is 0.00000225. The number of fused-ring (bicyclic) bond motifs is 1. The van der Waals surface area contributed by atoms with Gasteiger partial charge in [-0.25, -0.2) is 0 Å². The largest absolute Gasteiger partial charge is 1.00 e. The molecule has 0 fully saturated rings. The molecule has 1 aliphatic rings. The van der Waals surface area contributed by atoms with E-state index in [1.165, 1.54) is 61.0 Å². The van der Waals surface area contributed by atoms with Gasteiger partial charge >= 0.3 is 0 Å². The number of halogens is 1. The summed E-state index contributed by atoms with van der Waals surface area (Å²) in [5, 5.41) is 0. The molecule has 4 rings (SSSR count). The summed E-state index contributed by atoms with van der Waals surface area (Å²) in [7, 11) is 0. The zero-order valence-corrected chi connectivity index (χ0v) is 18.4. The average Bonchev–Trinajstić information content (AvgIpc) is 2.93. The van der Waals surface area contributed by atoms with E-state index < -0.39 is 0 Å². The van der Waals surface area contributed by atoms with Crippen LogP contribution in [0.2, 0.25) is 0 Å². The van der Waals surface area contributed by atoms with Crippen LogP contribution in [0.3, 0.4) is 0 Å². The molecule has 146 valence electrons. The first kappa shape index (κ1) is 20.4. The number of aryl methyl sites for hydroxylation is 6. The highest BCUT2D eigenvalue weighted by atomic mass is 35.5. The zero-order chi connectivity index (χ0) is 19.3. The first-order chi connectivity index (χ1) is 12.9. The standard InChI is InChI=1S/C25H28N2.ClH/c1-16-11-18(3)24(19(4)12-16)26-15-27(23-10-8-7-9-22(23)26)25-20(5)13-17(2)14-21(25)6;/h7-14H,15H2,1-6H3;1H. The van der Waals surface area contributed by atoms with Gasteiger partial charge in [0.1, 0.15) is 11.4 Å². The Kier molecular flexibility index (Phi) is 5.56. The molecular formula is C25H29ClN2. The Morgan fingerprint density at radius 1 is 0.714 bits per heavy atom. The highest BCUT2D eigenvalue weighted by Gasteiger charge is 2.35.